The maximum Gasteiger partial charge on any atom is 0.167 e. The van der Waals surface area contributed by atoms with Crippen LogP contribution in [0.2, 0.25) is 0 Å². The first-order chi connectivity index (χ1) is 13.8. The lowest BCUT2D eigenvalue weighted by Crippen LogP contribution is -2.31. The Labute approximate surface area is 179 Å². The summed E-state index contributed by atoms with van der Waals surface area (Å²) in [6.45, 7) is 7.38. The predicted octanol–water partition coefficient (Wildman–Crippen LogP) is 5.37. The van der Waals surface area contributed by atoms with Crippen molar-refractivity contribution in [2.75, 3.05) is 6.61 Å². The second-order valence-corrected chi connectivity index (χ2v) is 8.19. The van der Waals surface area contributed by atoms with Crippen LogP contribution < -0.4 is 4.74 Å². The number of hydrogen-bond donors (Lipinski definition) is 1. The highest BCUT2D eigenvalue weighted by Crippen LogP contribution is 2.45. The van der Waals surface area contributed by atoms with Gasteiger partial charge in [-0.2, -0.15) is 0 Å². The lowest BCUT2D eigenvalue weighted by Gasteiger charge is -2.31. The first-order valence-electron chi connectivity index (χ1n) is 9.39. The molecule has 29 heavy (non-hydrogen) atoms. The summed E-state index contributed by atoms with van der Waals surface area (Å²) in [6, 6.07) is 10.9. The van der Waals surface area contributed by atoms with Gasteiger partial charge in [0.2, 0.25) is 0 Å². The van der Waals surface area contributed by atoms with E-state index in [1.54, 1.807) is 12.1 Å². The zero-order chi connectivity index (χ0) is 21.1. The van der Waals surface area contributed by atoms with Crippen LogP contribution >= 0.6 is 15.9 Å². The predicted molar refractivity (Wildman–Crippen MR) is 117 cm³/mol. The molecule has 1 aliphatic rings. The zero-order valence-corrected chi connectivity index (χ0v) is 18.0. The molecule has 0 fully saturated rings. The van der Waals surface area contributed by atoms with Gasteiger partial charge in [0, 0.05) is 16.0 Å². The average molecular weight is 455 g/mol. The van der Waals surface area contributed by atoms with Crippen molar-refractivity contribution in [3.05, 3.63) is 76.3 Å². The summed E-state index contributed by atoms with van der Waals surface area (Å²) in [5.41, 5.74) is 3.10. The molecule has 0 radical (unpaired) electrons. The van der Waals surface area contributed by atoms with E-state index in [-0.39, 0.29) is 17.3 Å². The van der Waals surface area contributed by atoms with E-state index in [1.807, 2.05) is 37.3 Å². The van der Waals surface area contributed by atoms with E-state index in [0.717, 1.165) is 15.6 Å². The Bertz CT molecular complexity index is 1010. The van der Waals surface area contributed by atoms with Crippen LogP contribution in [0.3, 0.4) is 0 Å². The highest BCUT2D eigenvalue weighted by atomic mass is 79.9. The summed E-state index contributed by atoms with van der Waals surface area (Å²) in [5, 5.41) is 10.4. The third kappa shape index (κ3) is 4.51. The number of carbonyl (C=O) groups excluding carboxylic acids is 2. The molecule has 0 spiro atoms. The number of ketones is 2. The molecular weight excluding hydrogens is 432 g/mol. The van der Waals surface area contributed by atoms with E-state index in [9.17, 15) is 14.7 Å². The number of halogens is 1. The monoisotopic (exact) mass is 454 g/mol. The van der Waals surface area contributed by atoms with E-state index in [2.05, 4.69) is 22.5 Å². The second-order valence-electron chi connectivity index (χ2n) is 7.27. The normalized spacial score (nSPS) is 18.9. The molecule has 2 unspecified atom stereocenters. The van der Waals surface area contributed by atoms with Crippen molar-refractivity contribution in [1.29, 1.82) is 0 Å². The SMILES string of the molecule is C=CCOc1ccc(Br)cc1C1CC(c2cc(C)ccc2O)=CC(=O)C1C(C)=O. The molecule has 0 saturated carbocycles. The van der Waals surface area contributed by atoms with Gasteiger partial charge in [0.15, 0.2) is 5.78 Å². The number of allylic oxidation sites excluding steroid dienone is 2. The number of benzene rings is 2. The summed E-state index contributed by atoms with van der Waals surface area (Å²) in [5.74, 6) is -0.875. The minimum absolute atomic E-state index is 0.118. The summed E-state index contributed by atoms with van der Waals surface area (Å²) < 4.78 is 6.65. The Kier molecular flexibility index (Phi) is 6.38. The topological polar surface area (TPSA) is 63.6 Å². The van der Waals surface area contributed by atoms with Gasteiger partial charge < -0.3 is 9.84 Å². The molecule has 3 rings (SSSR count). The molecule has 0 bridgehead atoms. The smallest absolute Gasteiger partial charge is 0.167 e. The number of rotatable bonds is 6. The van der Waals surface area contributed by atoms with Crippen molar-refractivity contribution in [3.8, 4) is 11.5 Å². The van der Waals surface area contributed by atoms with E-state index < -0.39 is 11.8 Å². The molecule has 4 nitrogen and oxygen atoms in total. The second kappa shape index (κ2) is 8.78. The molecule has 1 N–H and O–H groups in total. The van der Waals surface area contributed by atoms with Crippen LogP contribution in [-0.4, -0.2) is 23.3 Å². The Morgan fingerprint density at radius 2 is 2.07 bits per heavy atom. The van der Waals surface area contributed by atoms with Crippen LogP contribution in [0, 0.1) is 12.8 Å². The molecule has 0 heterocycles. The van der Waals surface area contributed by atoms with Crippen LogP contribution in [0.25, 0.3) is 5.57 Å². The summed E-state index contributed by atoms with van der Waals surface area (Å²) in [7, 11) is 0. The fourth-order valence-corrected chi connectivity index (χ4v) is 4.21. The first-order valence-corrected chi connectivity index (χ1v) is 10.2. The van der Waals surface area contributed by atoms with Crippen molar-refractivity contribution in [3.63, 3.8) is 0 Å². The summed E-state index contributed by atoms with van der Waals surface area (Å²) >= 11 is 3.48. The van der Waals surface area contributed by atoms with Gasteiger partial charge in [-0.15, -0.1) is 0 Å². The molecule has 2 atom stereocenters. The summed E-state index contributed by atoms with van der Waals surface area (Å²) in [6.07, 6.45) is 3.59. The number of phenols is 1. The third-order valence-corrected chi connectivity index (χ3v) is 5.62. The lowest BCUT2D eigenvalue weighted by atomic mass is 9.72. The van der Waals surface area contributed by atoms with E-state index in [0.29, 0.717) is 29.9 Å². The van der Waals surface area contributed by atoms with Gasteiger partial charge in [-0.3, -0.25) is 9.59 Å². The molecule has 1 aliphatic carbocycles. The molecule has 0 aromatic heterocycles. The average Bonchev–Trinajstić information content (AvgIpc) is 2.67. The van der Waals surface area contributed by atoms with Gasteiger partial charge in [0.25, 0.3) is 0 Å². The fraction of sp³-hybridized carbons (Fsp3) is 0.250. The van der Waals surface area contributed by atoms with Crippen LogP contribution in [0.15, 0.2) is 59.6 Å². The van der Waals surface area contributed by atoms with Crippen LogP contribution in [-0.2, 0) is 9.59 Å². The molecule has 150 valence electrons. The first kappa shape index (κ1) is 21.1. The molecule has 2 aromatic carbocycles. The number of aromatic hydroxyl groups is 1. The maximum absolute atomic E-state index is 13.0. The molecule has 0 aliphatic heterocycles. The van der Waals surface area contributed by atoms with Gasteiger partial charge in [-0.05, 0) is 67.8 Å². The van der Waals surface area contributed by atoms with Crippen LogP contribution in [0.5, 0.6) is 11.5 Å². The fourth-order valence-electron chi connectivity index (χ4n) is 3.83. The van der Waals surface area contributed by atoms with Crippen LogP contribution in [0.1, 0.15) is 36.0 Å². The highest BCUT2D eigenvalue weighted by molar-refractivity contribution is 9.10. The minimum atomic E-state index is -0.786. The number of hydrogen-bond acceptors (Lipinski definition) is 4. The maximum atomic E-state index is 13.0. The Hall–Kier alpha value is -2.66. The largest absolute Gasteiger partial charge is 0.507 e. The van der Waals surface area contributed by atoms with Gasteiger partial charge in [-0.1, -0.05) is 40.2 Å². The number of carbonyl (C=O) groups is 2. The van der Waals surface area contributed by atoms with Crippen molar-refractivity contribution < 1.29 is 19.4 Å². The standard InChI is InChI=1S/C24H23BrO4/c1-4-9-29-23-8-6-17(25)13-19(23)20-11-16(12-22(28)24(20)15(3)26)18-10-14(2)5-7-21(18)27/h4-8,10,12-13,20,24,27H,1,9,11H2,2-3H3. The minimum Gasteiger partial charge on any atom is -0.507 e. The van der Waals surface area contributed by atoms with E-state index >= 15 is 0 Å². The quantitative estimate of drug-likeness (QED) is 0.470. The molecule has 0 saturated heterocycles. The molecule has 5 heteroatoms. The Morgan fingerprint density at radius 1 is 1.31 bits per heavy atom. The number of ether oxygens (including phenoxy) is 1. The van der Waals surface area contributed by atoms with E-state index in [4.69, 9.17) is 4.74 Å². The van der Waals surface area contributed by atoms with Crippen molar-refractivity contribution in [1.82, 2.24) is 0 Å². The number of aryl methyl sites for hydroxylation is 1. The van der Waals surface area contributed by atoms with Gasteiger partial charge in [0.1, 0.15) is 23.9 Å². The van der Waals surface area contributed by atoms with Crippen LogP contribution in [0.4, 0.5) is 0 Å². The number of Topliss-reactive ketones (excluding diaryl/α,β-unsaturated/α-hetero) is 1. The number of phenolic OH excluding ortho intramolecular Hbond substituents is 1. The van der Waals surface area contributed by atoms with Gasteiger partial charge >= 0.3 is 0 Å². The molecule has 2 aromatic rings. The Morgan fingerprint density at radius 3 is 2.76 bits per heavy atom. The summed E-state index contributed by atoms with van der Waals surface area (Å²) in [4.78, 5) is 25.4. The molecular formula is C24H23BrO4. The van der Waals surface area contributed by atoms with Gasteiger partial charge in [0.05, 0.1) is 5.92 Å². The highest BCUT2D eigenvalue weighted by Gasteiger charge is 2.38. The zero-order valence-electron chi connectivity index (χ0n) is 16.4. The van der Waals surface area contributed by atoms with Crippen molar-refractivity contribution >= 4 is 33.1 Å². The Balaban J connectivity index is 2.12. The lowest BCUT2D eigenvalue weighted by molar-refractivity contribution is -0.130. The van der Waals surface area contributed by atoms with Crippen molar-refractivity contribution in [2.24, 2.45) is 5.92 Å². The van der Waals surface area contributed by atoms with Crippen molar-refractivity contribution in [2.45, 2.75) is 26.2 Å². The third-order valence-electron chi connectivity index (χ3n) is 5.13. The molecule has 0 amide bonds. The van der Waals surface area contributed by atoms with E-state index in [1.165, 1.54) is 13.0 Å². The van der Waals surface area contributed by atoms with Gasteiger partial charge in [-0.25, -0.2) is 0 Å².